The van der Waals surface area contributed by atoms with E-state index < -0.39 is 13.5 Å². The standard InChI is InChI=1S/C19H21ClNO4P/c1-3-24-26(23,25-4-2)18(14-15-10-12-17(20)13-11-15)21-19(22)16-8-6-5-7-9-16/h5-14H,3-4H2,1-2H3,(H,21,22)/b18-14-. The van der Waals surface area contributed by atoms with Gasteiger partial charge in [0.2, 0.25) is 0 Å². The summed E-state index contributed by atoms with van der Waals surface area (Å²) in [6.45, 7) is 3.78. The second-order valence-corrected chi connectivity index (χ2v) is 7.66. The van der Waals surface area contributed by atoms with Gasteiger partial charge in [0.15, 0.2) is 0 Å². The number of rotatable bonds is 8. The van der Waals surface area contributed by atoms with Crippen molar-refractivity contribution in [3.8, 4) is 0 Å². The summed E-state index contributed by atoms with van der Waals surface area (Å²) in [5, 5.41) is 3.26. The van der Waals surface area contributed by atoms with E-state index in [1.807, 2.05) is 6.07 Å². The molecule has 2 rings (SSSR count). The molecule has 2 aromatic rings. The Morgan fingerprint density at radius 2 is 1.62 bits per heavy atom. The molecule has 5 nitrogen and oxygen atoms in total. The predicted octanol–water partition coefficient (Wildman–Crippen LogP) is 5.33. The third-order valence-corrected chi connectivity index (χ3v) is 5.62. The third kappa shape index (κ3) is 5.55. The average Bonchev–Trinajstić information content (AvgIpc) is 2.64. The molecule has 26 heavy (non-hydrogen) atoms. The highest BCUT2D eigenvalue weighted by molar-refractivity contribution is 7.58. The van der Waals surface area contributed by atoms with Gasteiger partial charge in [-0.3, -0.25) is 9.36 Å². The molecule has 0 spiro atoms. The predicted molar refractivity (Wildman–Crippen MR) is 104 cm³/mol. The third-order valence-electron chi connectivity index (χ3n) is 3.34. The second-order valence-electron chi connectivity index (χ2n) is 5.23. The Balaban J connectivity index is 2.41. The fourth-order valence-corrected chi connectivity index (χ4v) is 3.90. The van der Waals surface area contributed by atoms with E-state index >= 15 is 0 Å². The van der Waals surface area contributed by atoms with Crippen LogP contribution in [0.1, 0.15) is 29.8 Å². The first-order valence-corrected chi connectivity index (χ1v) is 10.1. The minimum absolute atomic E-state index is 0.0809. The fourth-order valence-electron chi connectivity index (χ4n) is 2.19. The van der Waals surface area contributed by atoms with Crippen molar-refractivity contribution in [1.29, 1.82) is 0 Å². The van der Waals surface area contributed by atoms with Crippen molar-refractivity contribution in [2.75, 3.05) is 13.2 Å². The first-order chi connectivity index (χ1) is 12.5. The monoisotopic (exact) mass is 393 g/mol. The molecule has 0 saturated heterocycles. The molecule has 0 radical (unpaired) electrons. The maximum Gasteiger partial charge on any atom is 0.377 e. The van der Waals surface area contributed by atoms with E-state index in [0.29, 0.717) is 16.1 Å². The molecule has 2 aromatic carbocycles. The summed E-state index contributed by atoms with van der Waals surface area (Å²) < 4.78 is 24.0. The molecule has 0 aliphatic carbocycles. The highest BCUT2D eigenvalue weighted by Crippen LogP contribution is 2.55. The number of hydrogen-bond donors (Lipinski definition) is 1. The Kier molecular flexibility index (Phi) is 7.61. The van der Waals surface area contributed by atoms with Gasteiger partial charge in [0, 0.05) is 10.6 Å². The molecular formula is C19H21ClNO4P. The Morgan fingerprint density at radius 3 is 2.15 bits per heavy atom. The minimum atomic E-state index is -3.68. The number of carbonyl (C=O) groups is 1. The lowest BCUT2D eigenvalue weighted by molar-refractivity contribution is 0.0965. The Labute approximate surface area is 158 Å². The lowest BCUT2D eigenvalue weighted by Gasteiger charge is -2.21. The van der Waals surface area contributed by atoms with E-state index in [2.05, 4.69) is 5.32 Å². The molecule has 0 bridgehead atoms. The number of carbonyl (C=O) groups excluding carboxylic acids is 1. The van der Waals surface area contributed by atoms with Crippen LogP contribution in [-0.2, 0) is 13.6 Å². The Bertz CT molecular complexity index is 796. The van der Waals surface area contributed by atoms with Gasteiger partial charge in [-0.25, -0.2) is 0 Å². The van der Waals surface area contributed by atoms with E-state index in [0.717, 1.165) is 0 Å². The molecule has 138 valence electrons. The Hall–Kier alpha value is -1.91. The zero-order valence-electron chi connectivity index (χ0n) is 14.6. The van der Waals surface area contributed by atoms with Crippen LogP contribution in [0.15, 0.2) is 60.0 Å². The first-order valence-electron chi connectivity index (χ1n) is 8.22. The molecule has 0 aliphatic rings. The smallest absolute Gasteiger partial charge is 0.315 e. The summed E-state index contributed by atoms with van der Waals surface area (Å²) in [5.41, 5.74) is 1.23. The second kappa shape index (κ2) is 9.70. The maximum atomic E-state index is 13.2. The van der Waals surface area contributed by atoms with Gasteiger partial charge < -0.3 is 14.4 Å². The lowest BCUT2D eigenvalue weighted by Crippen LogP contribution is -2.24. The number of halogens is 1. The highest BCUT2D eigenvalue weighted by Gasteiger charge is 2.31. The number of benzene rings is 2. The van der Waals surface area contributed by atoms with Crippen molar-refractivity contribution in [3.05, 3.63) is 76.2 Å². The van der Waals surface area contributed by atoms with E-state index in [1.165, 1.54) is 0 Å². The van der Waals surface area contributed by atoms with Crippen LogP contribution >= 0.6 is 19.2 Å². The van der Waals surface area contributed by atoms with E-state index in [1.54, 1.807) is 68.5 Å². The molecule has 0 unspecified atom stereocenters. The zero-order valence-corrected chi connectivity index (χ0v) is 16.3. The quantitative estimate of drug-likeness (QED) is 0.615. The van der Waals surface area contributed by atoms with Gasteiger partial charge in [-0.15, -0.1) is 0 Å². The molecule has 1 N–H and O–H groups in total. The van der Waals surface area contributed by atoms with Gasteiger partial charge in [-0.2, -0.15) is 0 Å². The van der Waals surface area contributed by atoms with Crippen LogP contribution in [0.3, 0.4) is 0 Å². The van der Waals surface area contributed by atoms with Crippen LogP contribution in [0.2, 0.25) is 5.02 Å². The molecular weight excluding hydrogens is 373 g/mol. The van der Waals surface area contributed by atoms with Crippen LogP contribution in [-0.4, -0.2) is 19.1 Å². The van der Waals surface area contributed by atoms with Crippen LogP contribution in [0.25, 0.3) is 6.08 Å². The van der Waals surface area contributed by atoms with Crippen molar-refractivity contribution in [3.63, 3.8) is 0 Å². The lowest BCUT2D eigenvalue weighted by atomic mass is 10.2. The summed E-state index contributed by atoms with van der Waals surface area (Å²) in [7, 11) is -3.68. The van der Waals surface area contributed by atoms with E-state index in [4.69, 9.17) is 20.6 Å². The van der Waals surface area contributed by atoms with Gasteiger partial charge in [0.1, 0.15) is 5.44 Å². The zero-order chi connectivity index (χ0) is 19.0. The average molecular weight is 394 g/mol. The SMILES string of the molecule is CCOP(=O)(OCC)/C(=C\c1ccc(Cl)cc1)NC(=O)c1ccccc1. The van der Waals surface area contributed by atoms with Gasteiger partial charge in [-0.1, -0.05) is 41.9 Å². The molecule has 0 heterocycles. The van der Waals surface area contributed by atoms with Crippen LogP contribution in [0.5, 0.6) is 0 Å². The summed E-state index contributed by atoms with van der Waals surface area (Å²) in [4.78, 5) is 12.5. The molecule has 0 fully saturated rings. The van der Waals surface area contributed by atoms with Crippen LogP contribution in [0.4, 0.5) is 0 Å². The highest BCUT2D eigenvalue weighted by atomic mass is 35.5. The molecule has 1 amide bonds. The number of nitrogens with one attached hydrogen (secondary N) is 1. The summed E-state index contributed by atoms with van der Waals surface area (Å²) >= 11 is 5.91. The fraction of sp³-hybridized carbons (Fsp3) is 0.211. The summed E-state index contributed by atoms with van der Waals surface area (Å²) in [6, 6.07) is 15.6. The van der Waals surface area contributed by atoms with E-state index in [9.17, 15) is 9.36 Å². The van der Waals surface area contributed by atoms with Crippen molar-refractivity contribution in [2.45, 2.75) is 13.8 Å². The van der Waals surface area contributed by atoms with Crippen molar-refractivity contribution in [2.24, 2.45) is 0 Å². The summed E-state index contributed by atoms with van der Waals surface area (Å²) in [5.74, 6) is -0.398. The first kappa shape index (κ1) is 20.4. The molecule has 7 heteroatoms. The molecule has 0 aliphatic heterocycles. The largest absolute Gasteiger partial charge is 0.377 e. The van der Waals surface area contributed by atoms with Crippen LogP contribution in [0, 0.1) is 0 Å². The normalized spacial score (nSPS) is 12.0. The van der Waals surface area contributed by atoms with Gasteiger partial charge in [-0.05, 0) is 49.8 Å². The maximum absolute atomic E-state index is 13.2. The van der Waals surface area contributed by atoms with Crippen molar-refractivity contribution >= 4 is 31.2 Å². The van der Waals surface area contributed by atoms with Crippen LogP contribution < -0.4 is 5.32 Å². The molecule has 0 atom stereocenters. The minimum Gasteiger partial charge on any atom is -0.315 e. The van der Waals surface area contributed by atoms with Gasteiger partial charge >= 0.3 is 7.60 Å². The van der Waals surface area contributed by atoms with E-state index in [-0.39, 0.29) is 18.7 Å². The molecule has 0 saturated carbocycles. The summed E-state index contributed by atoms with van der Waals surface area (Å²) in [6.07, 6.45) is 1.57. The number of hydrogen-bond acceptors (Lipinski definition) is 4. The van der Waals surface area contributed by atoms with Crippen molar-refractivity contribution < 1.29 is 18.4 Å². The topological polar surface area (TPSA) is 64.6 Å². The Morgan fingerprint density at radius 1 is 1.04 bits per heavy atom. The van der Waals surface area contributed by atoms with Crippen molar-refractivity contribution in [1.82, 2.24) is 5.32 Å². The van der Waals surface area contributed by atoms with Gasteiger partial charge in [0.25, 0.3) is 5.91 Å². The number of amides is 1. The molecule has 0 aromatic heterocycles. The van der Waals surface area contributed by atoms with Gasteiger partial charge in [0.05, 0.1) is 13.2 Å².